The lowest BCUT2D eigenvalue weighted by Crippen LogP contribution is -2.39. The van der Waals surface area contributed by atoms with E-state index in [1.54, 1.807) is 18.6 Å². The Labute approximate surface area is 142 Å². The summed E-state index contributed by atoms with van der Waals surface area (Å²) in [6, 6.07) is 1.86. The lowest BCUT2D eigenvalue weighted by molar-refractivity contribution is 0.0944. The van der Waals surface area contributed by atoms with Crippen LogP contribution in [0.5, 0.6) is 0 Å². The summed E-state index contributed by atoms with van der Waals surface area (Å²) in [6.45, 7) is 6.49. The number of nitrogens with one attached hydrogen (secondary N) is 1. The van der Waals surface area contributed by atoms with Gasteiger partial charge in [-0.25, -0.2) is 4.98 Å². The summed E-state index contributed by atoms with van der Waals surface area (Å²) in [4.78, 5) is 27.3. The second-order valence-electron chi connectivity index (χ2n) is 6.35. The van der Waals surface area contributed by atoms with Gasteiger partial charge in [0.15, 0.2) is 0 Å². The van der Waals surface area contributed by atoms with Crippen LogP contribution in [-0.4, -0.2) is 40.5 Å². The highest BCUT2D eigenvalue weighted by atomic mass is 16.1. The Kier molecular flexibility index (Phi) is 5.03. The quantitative estimate of drug-likeness (QED) is 0.932. The number of aryl methyl sites for hydroxylation is 2. The molecule has 0 aliphatic carbocycles. The predicted molar refractivity (Wildman–Crippen MR) is 93.0 cm³/mol. The maximum Gasteiger partial charge on any atom is 0.253 e. The Morgan fingerprint density at radius 2 is 2.00 bits per heavy atom. The average Bonchev–Trinajstić information content (AvgIpc) is 2.60. The van der Waals surface area contributed by atoms with Gasteiger partial charge in [-0.2, -0.15) is 0 Å². The highest BCUT2D eigenvalue weighted by molar-refractivity contribution is 5.95. The molecule has 6 nitrogen and oxygen atoms in total. The van der Waals surface area contributed by atoms with Gasteiger partial charge in [0.1, 0.15) is 5.82 Å². The fourth-order valence-corrected chi connectivity index (χ4v) is 3.00. The molecule has 0 spiro atoms. The van der Waals surface area contributed by atoms with Gasteiger partial charge < -0.3 is 10.2 Å². The third kappa shape index (κ3) is 3.88. The minimum absolute atomic E-state index is 0.0346. The van der Waals surface area contributed by atoms with Crippen LogP contribution in [0.4, 0.5) is 5.82 Å². The highest BCUT2D eigenvalue weighted by Gasteiger charge is 2.21. The van der Waals surface area contributed by atoms with Crippen molar-refractivity contribution in [1.82, 2.24) is 20.3 Å². The summed E-state index contributed by atoms with van der Waals surface area (Å²) < 4.78 is 0. The molecule has 6 heteroatoms. The number of aromatic nitrogens is 3. The van der Waals surface area contributed by atoms with Gasteiger partial charge in [-0.05, 0) is 44.2 Å². The molecule has 2 aromatic rings. The van der Waals surface area contributed by atoms with E-state index in [-0.39, 0.29) is 5.91 Å². The van der Waals surface area contributed by atoms with E-state index >= 15 is 0 Å². The third-order valence-electron chi connectivity index (χ3n) is 4.52. The molecule has 126 valence electrons. The Morgan fingerprint density at radius 1 is 1.21 bits per heavy atom. The van der Waals surface area contributed by atoms with Crippen LogP contribution in [-0.2, 0) is 0 Å². The smallest absolute Gasteiger partial charge is 0.253 e. The van der Waals surface area contributed by atoms with Gasteiger partial charge in [-0.3, -0.25) is 14.8 Å². The lowest BCUT2D eigenvalue weighted by Gasteiger charge is -2.32. The van der Waals surface area contributed by atoms with Crippen LogP contribution in [0.3, 0.4) is 0 Å². The van der Waals surface area contributed by atoms with Crippen LogP contribution in [0.1, 0.15) is 34.5 Å². The van der Waals surface area contributed by atoms with E-state index in [1.807, 2.05) is 26.1 Å². The van der Waals surface area contributed by atoms with Crippen molar-refractivity contribution in [3.05, 3.63) is 47.7 Å². The van der Waals surface area contributed by atoms with E-state index in [0.717, 1.165) is 43.0 Å². The molecule has 1 aliphatic heterocycles. The molecule has 0 radical (unpaired) electrons. The summed E-state index contributed by atoms with van der Waals surface area (Å²) in [5.74, 6) is 1.41. The summed E-state index contributed by atoms with van der Waals surface area (Å²) in [5.41, 5.74) is 2.55. The molecule has 0 bridgehead atoms. The molecule has 3 heterocycles. The van der Waals surface area contributed by atoms with Crippen molar-refractivity contribution in [2.75, 3.05) is 24.5 Å². The number of carbonyl (C=O) groups excluding carboxylic acids is 1. The van der Waals surface area contributed by atoms with Gasteiger partial charge in [0.25, 0.3) is 5.91 Å². The monoisotopic (exact) mass is 325 g/mol. The number of piperidine rings is 1. The summed E-state index contributed by atoms with van der Waals surface area (Å²) >= 11 is 0. The number of nitrogens with zero attached hydrogens (tertiary/aromatic N) is 4. The van der Waals surface area contributed by atoms with Gasteiger partial charge >= 0.3 is 0 Å². The molecule has 2 aromatic heterocycles. The Morgan fingerprint density at radius 3 is 2.71 bits per heavy atom. The molecule has 0 aromatic carbocycles. The predicted octanol–water partition coefficient (Wildman–Crippen LogP) is 2.13. The molecule has 24 heavy (non-hydrogen) atoms. The fraction of sp³-hybridized carbons (Fsp3) is 0.444. The molecule has 1 N–H and O–H groups in total. The molecule has 0 saturated carbocycles. The van der Waals surface area contributed by atoms with Gasteiger partial charge in [-0.15, -0.1) is 0 Å². The highest BCUT2D eigenvalue weighted by Crippen LogP contribution is 2.21. The number of rotatable bonds is 4. The minimum Gasteiger partial charge on any atom is -0.355 e. The zero-order chi connectivity index (χ0) is 16.9. The first-order valence-corrected chi connectivity index (χ1v) is 8.36. The van der Waals surface area contributed by atoms with E-state index in [0.29, 0.717) is 18.0 Å². The number of amides is 1. The molecule has 3 rings (SSSR count). The molecule has 1 aliphatic rings. The Bertz CT molecular complexity index is 710. The van der Waals surface area contributed by atoms with E-state index in [9.17, 15) is 4.79 Å². The van der Waals surface area contributed by atoms with Crippen molar-refractivity contribution in [3.63, 3.8) is 0 Å². The van der Waals surface area contributed by atoms with Crippen molar-refractivity contribution < 1.29 is 4.79 Å². The zero-order valence-corrected chi connectivity index (χ0v) is 14.2. The topological polar surface area (TPSA) is 71.0 Å². The summed E-state index contributed by atoms with van der Waals surface area (Å²) in [6.07, 6.45) is 9.01. The summed E-state index contributed by atoms with van der Waals surface area (Å²) in [7, 11) is 0. The largest absolute Gasteiger partial charge is 0.355 e. The molecule has 1 amide bonds. The second kappa shape index (κ2) is 7.38. The molecule has 1 fully saturated rings. The average molecular weight is 325 g/mol. The first-order chi connectivity index (χ1) is 11.6. The van der Waals surface area contributed by atoms with Crippen molar-refractivity contribution >= 4 is 11.7 Å². The molecular weight excluding hydrogens is 302 g/mol. The molecule has 0 unspecified atom stereocenters. The normalized spacial score (nSPS) is 15.3. The number of hydrogen-bond acceptors (Lipinski definition) is 5. The van der Waals surface area contributed by atoms with Gasteiger partial charge in [0.2, 0.25) is 0 Å². The summed E-state index contributed by atoms with van der Waals surface area (Å²) in [5, 5.41) is 3.05. The Balaban J connectivity index is 1.49. The number of pyridine rings is 1. The van der Waals surface area contributed by atoms with Crippen LogP contribution in [0.15, 0.2) is 30.9 Å². The maximum absolute atomic E-state index is 12.3. The van der Waals surface area contributed by atoms with E-state index in [2.05, 4.69) is 25.2 Å². The van der Waals surface area contributed by atoms with Crippen molar-refractivity contribution in [2.45, 2.75) is 26.7 Å². The van der Waals surface area contributed by atoms with E-state index in [4.69, 9.17) is 0 Å². The van der Waals surface area contributed by atoms with Crippen molar-refractivity contribution in [2.24, 2.45) is 5.92 Å². The van der Waals surface area contributed by atoms with E-state index in [1.165, 1.54) is 0 Å². The third-order valence-corrected chi connectivity index (χ3v) is 4.52. The van der Waals surface area contributed by atoms with Crippen LogP contribution in [0.2, 0.25) is 0 Å². The van der Waals surface area contributed by atoms with Gasteiger partial charge in [-0.1, -0.05) is 0 Å². The lowest BCUT2D eigenvalue weighted by atomic mass is 9.96. The van der Waals surface area contributed by atoms with Gasteiger partial charge in [0.05, 0.1) is 17.5 Å². The maximum atomic E-state index is 12.3. The molecule has 1 saturated heterocycles. The molecule has 0 atom stereocenters. The van der Waals surface area contributed by atoms with Crippen molar-refractivity contribution in [1.29, 1.82) is 0 Å². The number of carbonyl (C=O) groups is 1. The minimum atomic E-state index is -0.0346. The molecular formula is C18H23N5O. The van der Waals surface area contributed by atoms with Crippen LogP contribution < -0.4 is 10.2 Å². The first kappa shape index (κ1) is 16.4. The second-order valence-corrected chi connectivity index (χ2v) is 6.35. The first-order valence-electron chi connectivity index (χ1n) is 8.36. The van der Waals surface area contributed by atoms with Crippen LogP contribution >= 0.6 is 0 Å². The van der Waals surface area contributed by atoms with Crippen LogP contribution in [0, 0.1) is 19.8 Å². The SMILES string of the molecule is Cc1cncc(N2CCC(CNC(=O)c3cnccc3C)CC2)n1. The van der Waals surface area contributed by atoms with Crippen molar-refractivity contribution in [3.8, 4) is 0 Å². The number of anilines is 1. The fourth-order valence-electron chi connectivity index (χ4n) is 3.00. The van der Waals surface area contributed by atoms with Crippen LogP contribution in [0.25, 0.3) is 0 Å². The zero-order valence-electron chi connectivity index (χ0n) is 14.2. The standard InChI is InChI=1S/C18H23N5O/c1-13-3-6-19-11-16(13)18(24)21-10-15-4-7-23(8-5-15)17-12-20-9-14(2)22-17/h3,6,9,11-12,15H,4-5,7-8,10H2,1-2H3,(H,21,24). The Hall–Kier alpha value is -2.50. The number of hydrogen-bond donors (Lipinski definition) is 1. The van der Waals surface area contributed by atoms with E-state index < -0.39 is 0 Å². The van der Waals surface area contributed by atoms with Gasteiger partial charge in [0, 0.05) is 38.2 Å².